The van der Waals surface area contributed by atoms with E-state index in [-0.39, 0.29) is 5.78 Å². The summed E-state index contributed by atoms with van der Waals surface area (Å²) in [4.78, 5) is 12.5. The summed E-state index contributed by atoms with van der Waals surface area (Å²) in [5.41, 5.74) is 9.02. The lowest BCUT2D eigenvalue weighted by atomic mass is 10.1. The van der Waals surface area contributed by atoms with Crippen LogP contribution in [0, 0.1) is 0 Å². The third-order valence-electron chi connectivity index (χ3n) is 5.17. The summed E-state index contributed by atoms with van der Waals surface area (Å²) >= 11 is 6.37. The molecule has 0 aromatic heterocycles. The molecule has 3 aromatic rings. The van der Waals surface area contributed by atoms with E-state index in [1.54, 1.807) is 63.9 Å². The molecule has 35 heavy (non-hydrogen) atoms. The van der Waals surface area contributed by atoms with Crippen LogP contribution in [0.5, 0.6) is 23.0 Å². The summed E-state index contributed by atoms with van der Waals surface area (Å²) in [6, 6.07) is 14.1. The van der Waals surface area contributed by atoms with Crippen LogP contribution in [0.1, 0.15) is 21.5 Å². The molecule has 0 heterocycles. The first-order valence-corrected chi connectivity index (χ1v) is 11.0. The zero-order chi connectivity index (χ0) is 25.4. The second-order valence-corrected chi connectivity index (χ2v) is 7.70. The van der Waals surface area contributed by atoms with Crippen LogP contribution in [0.15, 0.2) is 60.8 Å². The van der Waals surface area contributed by atoms with E-state index in [4.69, 9.17) is 36.3 Å². The van der Waals surface area contributed by atoms with Gasteiger partial charge in [0.25, 0.3) is 0 Å². The van der Waals surface area contributed by atoms with E-state index in [0.29, 0.717) is 45.0 Å². The van der Waals surface area contributed by atoms with Crippen LogP contribution in [-0.2, 0) is 0 Å². The Labute approximate surface area is 209 Å². The standard InChI is InChI=1S/C27H27ClN2O5/c1-32-24-16-22(30-12-11-23(31)19-7-5-6-8-21(19)29)18(15-20(24)28)10-9-17-13-25(33-2)27(35-4)26(14-17)34-3/h5-16,30H,29H2,1-4H3/b10-9-,12-11-. The molecule has 3 rings (SSSR count). The highest BCUT2D eigenvalue weighted by atomic mass is 35.5. The number of rotatable bonds is 10. The molecule has 0 aliphatic heterocycles. The number of anilines is 2. The Morgan fingerprint density at radius 2 is 1.54 bits per heavy atom. The van der Waals surface area contributed by atoms with Crippen molar-refractivity contribution in [2.75, 3.05) is 39.5 Å². The number of ketones is 1. The average molecular weight is 495 g/mol. The van der Waals surface area contributed by atoms with Crippen LogP contribution in [0.25, 0.3) is 12.2 Å². The van der Waals surface area contributed by atoms with Crippen LogP contribution in [0.3, 0.4) is 0 Å². The zero-order valence-electron chi connectivity index (χ0n) is 19.9. The summed E-state index contributed by atoms with van der Waals surface area (Å²) in [6.45, 7) is 0. The molecule has 3 N–H and O–H groups in total. The van der Waals surface area contributed by atoms with Gasteiger partial charge in [-0.1, -0.05) is 35.9 Å². The van der Waals surface area contributed by atoms with Gasteiger partial charge in [-0.2, -0.15) is 0 Å². The number of nitrogens with one attached hydrogen (secondary N) is 1. The maximum atomic E-state index is 12.5. The number of nitrogens with two attached hydrogens (primary N) is 1. The van der Waals surface area contributed by atoms with Crippen molar-refractivity contribution in [2.45, 2.75) is 0 Å². The molecule has 3 aromatic carbocycles. The molecule has 0 saturated heterocycles. The number of allylic oxidation sites excluding steroid dienone is 1. The summed E-state index contributed by atoms with van der Waals surface area (Å²) in [5, 5.41) is 3.58. The number of nitrogen functional groups attached to an aromatic ring is 1. The minimum Gasteiger partial charge on any atom is -0.495 e. The number of carbonyl (C=O) groups excluding carboxylic acids is 1. The van der Waals surface area contributed by atoms with Gasteiger partial charge in [-0.3, -0.25) is 4.79 Å². The fourth-order valence-electron chi connectivity index (χ4n) is 3.39. The summed E-state index contributed by atoms with van der Waals surface area (Å²) < 4.78 is 21.6. The third-order valence-corrected chi connectivity index (χ3v) is 5.46. The highest BCUT2D eigenvalue weighted by molar-refractivity contribution is 6.32. The number of methoxy groups -OCH3 is 4. The van der Waals surface area contributed by atoms with Gasteiger partial charge in [-0.05, 0) is 41.5 Å². The normalized spacial score (nSPS) is 11.0. The molecule has 0 spiro atoms. The molecule has 0 atom stereocenters. The highest BCUT2D eigenvalue weighted by Gasteiger charge is 2.13. The van der Waals surface area contributed by atoms with Crippen LogP contribution in [0.4, 0.5) is 11.4 Å². The van der Waals surface area contributed by atoms with Crippen LogP contribution in [-0.4, -0.2) is 34.2 Å². The molecule has 0 aliphatic rings. The Bertz CT molecular complexity index is 1250. The van der Waals surface area contributed by atoms with E-state index < -0.39 is 0 Å². The van der Waals surface area contributed by atoms with Crippen molar-refractivity contribution in [3.05, 3.63) is 82.5 Å². The number of ether oxygens (including phenoxy) is 4. The maximum absolute atomic E-state index is 12.5. The quantitative estimate of drug-likeness (QED) is 0.156. The van der Waals surface area contributed by atoms with Crippen LogP contribution >= 0.6 is 11.6 Å². The van der Waals surface area contributed by atoms with Crippen molar-refractivity contribution in [3.63, 3.8) is 0 Å². The molecule has 0 saturated carbocycles. The predicted octanol–water partition coefficient (Wildman–Crippen LogP) is 5.94. The van der Waals surface area contributed by atoms with Gasteiger partial charge in [0.2, 0.25) is 5.75 Å². The van der Waals surface area contributed by atoms with Gasteiger partial charge in [0.05, 0.1) is 33.5 Å². The van der Waals surface area contributed by atoms with Gasteiger partial charge >= 0.3 is 0 Å². The van der Waals surface area contributed by atoms with Crippen molar-refractivity contribution in [1.29, 1.82) is 0 Å². The van der Waals surface area contributed by atoms with Gasteiger partial charge in [-0.15, -0.1) is 0 Å². The van der Waals surface area contributed by atoms with E-state index in [1.807, 2.05) is 24.3 Å². The molecule has 0 radical (unpaired) electrons. The molecule has 0 fully saturated rings. The lowest BCUT2D eigenvalue weighted by Crippen LogP contribution is -2.01. The first-order chi connectivity index (χ1) is 16.9. The molecular formula is C27H27ClN2O5. The molecule has 182 valence electrons. The molecule has 8 heteroatoms. The maximum Gasteiger partial charge on any atom is 0.203 e. The molecular weight excluding hydrogens is 468 g/mol. The van der Waals surface area contributed by atoms with Crippen LogP contribution < -0.4 is 30.0 Å². The summed E-state index contributed by atoms with van der Waals surface area (Å²) in [5.74, 6) is 1.87. The average Bonchev–Trinajstić information content (AvgIpc) is 2.87. The summed E-state index contributed by atoms with van der Waals surface area (Å²) in [6.07, 6.45) is 6.72. The van der Waals surface area contributed by atoms with Crippen molar-refractivity contribution < 1.29 is 23.7 Å². The molecule has 0 bridgehead atoms. The smallest absolute Gasteiger partial charge is 0.203 e. The van der Waals surface area contributed by atoms with E-state index in [9.17, 15) is 4.79 Å². The lowest BCUT2D eigenvalue weighted by molar-refractivity contribution is 0.104. The Hall–Kier alpha value is -4.10. The van der Waals surface area contributed by atoms with Crippen LogP contribution in [0.2, 0.25) is 5.02 Å². The Morgan fingerprint density at radius 1 is 0.886 bits per heavy atom. The van der Waals surface area contributed by atoms with Crippen molar-refractivity contribution in [2.24, 2.45) is 0 Å². The molecule has 7 nitrogen and oxygen atoms in total. The second kappa shape index (κ2) is 11.9. The first-order valence-electron chi connectivity index (χ1n) is 10.6. The van der Waals surface area contributed by atoms with Gasteiger partial charge in [0.1, 0.15) is 5.75 Å². The predicted molar refractivity (Wildman–Crippen MR) is 141 cm³/mol. The van der Waals surface area contributed by atoms with Crippen molar-refractivity contribution >= 4 is 40.9 Å². The second-order valence-electron chi connectivity index (χ2n) is 7.30. The monoisotopic (exact) mass is 494 g/mol. The number of hydrogen-bond donors (Lipinski definition) is 2. The molecule has 0 unspecified atom stereocenters. The SMILES string of the molecule is COc1cc(N/C=C\C(=O)c2ccccc2N)c(/C=C\c2cc(OC)c(OC)c(OC)c2)cc1Cl. The van der Waals surface area contributed by atoms with Gasteiger partial charge in [-0.25, -0.2) is 0 Å². The zero-order valence-corrected chi connectivity index (χ0v) is 20.7. The van der Waals surface area contributed by atoms with Gasteiger partial charge in [0, 0.05) is 35.3 Å². The fourth-order valence-corrected chi connectivity index (χ4v) is 3.64. The summed E-state index contributed by atoms with van der Waals surface area (Å²) in [7, 11) is 6.21. The number of para-hydroxylation sites is 1. The largest absolute Gasteiger partial charge is 0.495 e. The Kier molecular flexibility index (Phi) is 8.64. The number of benzene rings is 3. The molecule has 0 amide bonds. The van der Waals surface area contributed by atoms with Gasteiger partial charge in [0.15, 0.2) is 17.3 Å². The van der Waals surface area contributed by atoms with E-state index in [0.717, 1.165) is 11.1 Å². The number of halogens is 1. The minimum absolute atomic E-state index is 0.217. The Morgan fingerprint density at radius 3 is 2.14 bits per heavy atom. The van der Waals surface area contributed by atoms with E-state index in [2.05, 4.69) is 5.32 Å². The fraction of sp³-hybridized carbons (Fsp3) is 0.148. The van der Waals surface area contributed by atoms with Crippen molar-refractivity contribution in [1.82, 2.24) is 0 Å². The molecule has 0 aliphatic carbocycles. The van der Waals surface area contributed by atoms with E-state index >= 15 is 0 Å². The minimum atomic E-state index is -0.217. The highest BCUT2D eigenvalue weighted by Crippen LogP contribution is 2.39. The van der Waals surface area contributed by atoms with Gasteiger partial charge < -0.3 is 30.0 Å². The van der Waals surface area contributed by atoms with Crippen molar-refractivity contribution in [3.8, 4) is 23.0 Å². The Balaban J connectivity index is 1.92. The third kappa shape index (κ3) is 6.07. The topological polar surface area (TPSA) is 92.0 Å². The number of carbonyl (C=O) groups is 1. The van der Waals surface area contributed by atoms with E-state index in [1.165, 1.54) is 13.2 Å². The number of hydrogen-bond acceptors (Lipinski definition) is 7. The first kappa shape index (κ1) is 25.5. The lowest BCUT2D eigenvalue weighted by Gasteiger charge is -2.13.